The quantitative estimate of drug-likeness (QED) is 0.572. The molecule has 0 radical (unpaired) electrons. The Morgan fingerprint density at radius 2 is 1.96 bits per heavy atom. The number of para-hydroxylation sites is 1. The first kappa shape index (κ1) is 18.0. The molecule has 5 nitrogen and oxygen atoms in total. The van der Waals surface area contributed by atoms with Crippen molar-refractivity contribution in [2.45, 2.75) is 19.4 Å². The van der Waals surface area contributed by atoms with Gasteiger partial charge in [-0.15, -0.1) is 0 Å². The summed E-state index contributed by atoms with van der Waals surface area (Å²) in [5, 5.41) is 1.10. The molecule has 132 valence electrons. The summed E-state index contributed by atoms with van der Waals surface area (Å²) in [7, 11) is -2.03. The van der Waals surface area contributed by atoms with Crippen molar-refractivity contribution in [1.82, 2.24) is 0 Å². The zero-order valence-electron chi connectivity index (χ0n) is 14.0. The Morgan fingerprint density at radius 1 is 1.24 bits per heavy atom. The van der Waals surface area contributed by atoms with Crippen molar-refractivity contribution < 1.29 is 18.6 Å². The van der Waals surface area contributed by atoms with Gasteiger partial charge in [-0.1, -0.05) is 29.8 Å². The van der Waals surface area contributed by atoms with E-state index in [9.17, 15) is 9.36 Å². The van der Waals surface area contributed by atoms with Crippen LogP contribution in [0.2, 0.25) is 5.02 Å². The van der Waals surface area contributed by atoms with E-state index in [0.29, 0.717) is 10.3 Å². The molecule has 1 aliphatic heterocycles. The zero-order chi connectivity index (χ0) is 18.0. The molecule has 0 amide bonds. The summed E-state index contributed by atoms with van der Waals surface area (Å²) < 4.78 is 26.2. The third-order valence-corrected chi connectivity index (χ3v) is 7.08. The number of anilines is 1. The molecule has 0 fully saturated rings. The van der Waals surface area contributed by atoms with Crippen LogP contribution in [0.3, 0.4) is 0 Å². The minimum Gasteiger partial charge on any atom is -0.469 e. The molecule has 25 heavy (non-hydrogen) atoms. The SMILES string of the molecule is CCOP1(=O)c2ccc(Cl)cc2C(CC(=O)OC)N1c1ccccc1. The minimum absolute atomic E-state index is 0.0514. The van der Waals surface area contributed by atoms with E-state index in [-0.39, 0.29) is 19.0 Å². The molecular weight excluding hydrogens is 361 g/mol. The van der Waals surface area contributed by atoms with Crippen LogP contribution < -0.4 is 9.97 Å². The predicted molar refractivity (Wildman–Crippen MR) is 98.6 cm³/mol. The highest BCUT2D eigenvalue weighted by Crippen LogP contribution is 2.62. The van der Waals surface area contributed by atoms with Gasteiger partial charge in [0.15, 0.2) is 0 Å². The number of carbonyl (C=O) groups is 1. The minimum atomic E-state index is -3.37. The van der Waals surface area contributed by atoms with Crippen molar-refractivity contribution in [3.63, 3.8) is 0 Å². The van der Waals surface area contributed by atoms with Crippen LogP contribution in [0.5, 0.6) is 0 Å². The number of esters is 1. The van der Waals surface area contributed by atoms with Gasteiger partial charge in [0.1, 0.15) is 0 Å². The van der Waals surface area contributed by atoms with Gasteiger partial charge in [-0.25, -0.2) is 0 Å². The molecule has 2 aromatic rings. The number of benzene rings is 2. The van der Waals surface area contributed by atoms with Crippen molar-refractivity contribution in [1.29, 1.82) is 0 Å². The molecule has 2 atom stereocenters. The molecule has 0 saturated carbocycles. The maximum absolute atomic E-state index is 13.9. The van der Waals surface area contributed by atoms with Gasteiger partial charge in [-0.05, 0) is 42.8 Å². The average molecular weight is 380 g/mol. The van der Waals surface area contributed by atoms with Crippen molar-refractivity contribution >= 4 is 36.1 Å². The molecule has 0 spiro atoms. The van der Waals surface area contributed by atoms with Gasteiger partial charge in [0.25, 0.3) is 0 Å². The molecule has 7 heteroatoms. The maximum Gasteiger partial charge on any atom is 0.327 e. The van der Waals surface area contributed by atoms with Crippen LogP contribution in [-0.4, -0.2) is 19.7 Å². The topological polar surface area (TPSA) is 55.8 Å². The summed E-state index contributed by atoms with van der Waals surface area (Å²) in [5.74, 6) is -0.387. The number of hydrogen-bond donors (Lipinski definition) is 0. The maximum atomic E-state index is 13.9. The van der Waals surface area contributed by atoms with Crippen molar-refractivity contribution in [2.24, 2.45) is 0 Å². The molecule has 0 N–H and O–H groups in total. The zero-order valence-corrected chi connectivity index (χ0v) is 15.7. The molecular formula is C18H19ClNO4P. The molecule has 1 heterocycles. The molecule has 0 aliphatic carbocycles. The van der Waals surface area contributed by atoms with Crippen molar-refractivity contribution in [3.05, 3.63) is 59.1 Å². The van der Waals surface area contributed by atoms with Gasteiger partial charge in [0, 0.05) is 10.7 Å². The first-order chi connectivity index (χ1) is 12.0. The van der Waals surface area contributed by atoms with E-state index in [1.54, 1.807) is 29.8 Å². The lowest BCUT2D eigenvalue weighted by molar-refractivity contribution is -0.141. The Bertz CT molecular complexity index is 827. The Morgan fingerprint density at radius 3 is 2.60 bits per heavy atom. The van der Waals surface area contributed by atoms with Gasteiger partial charge >= 0.3 is 13.5 Å². The van der Waals surface area contributed by atoms with Crippen LogP contribution in [0.4, 0.5) is 5.69 Å². The number of rotatable bonds is 5. The van der Waals surface area contributed by atoms with Gasteiger partial charge < -0.3 is 9.26 Å². The first-order valence-electron chi connectivity index (χ1n) is 7.97. The highest BCUT2D eigenvalue weighted by Gasteiger charge is 2.49. The second kappa shape index (κ2) is 7.20. The summed E-state index contributed by atoms with van der Waals surface area (Å²) >= 11 is 6.16. The third-order valence-electron chi connectivity index (χ3n) is 4.14. The molecule has 2 aromatic carbocycles. The largest absolute Gasteiger partial charge is 0.469 e. The lowest BCUT2D eigenvalue weighted by atomic mass is 10.0. The lowest BCUT2D eigenvalue weighted by Crippen LogP contribution is -2.24. The van der Waals surface area contributed by atoms with Gasteiger partial charge in [-0.2, -0.15) is 0 Å². The Labute approximate surface area is 152 Å². The van der Waals surface area contributed by atoms with Gasteiger partial charge in [-0.3, -0.25) is 14.0 Å². The lowest BCUT2D eigenvalue weighted by Gasteiger charge is -2.31. The Hall–Kier alpha value is -1.81. The van der Waals surface area contributed by atoms with Crippen LogP contribution in [0.1, 0.15) is 24.9 Å². The van der Waals surface area contributed by atoms with E-state index in [4.69, 9.17) is 20.9 Å². The number of methoxy groups -OCH3 is 1. The van der Waals surface area contributed by atoms with Gasteiger partial charge in [0.05, 0.1) is 31.5 Å². The second-order valence-electron chi connectivity index (χ2n) is 5.62. The normalized spacial score (nSPS) is 21.9. The van der Waals surface area contributed by atoms with Crippen LogP contribution in [0.15, 0.2) is 48.5 Å². The second-order valence-corrected chi connectivity index (χ2v) is 8.27. The molecule has 2 unspecified atom stereocenters. The summed E-state index contributed by atoms with van der Waals surface area (Å²) in [6.07, 6.45) is 0.0514. The fourth-order valence-electron chi connectivity index (χ4n) is 3.14. The Balaban J connectivity index is 2.20. The molecule has 0 bridgehead atoms. The van der Waals surface area contributed by atoms with Crippen LogP contribution in [-0.2, 0) is 18.6 Å². The number of halogens is 1. The first-order valence-corrected chi connectivity index (χ1v) is 9.93. The average Bonchev–Trinajstić information content (AvgIpc) is 2.84. The summed E-state index contributed by atoms with van der Waals surface area (Å²) in [6.45, 7) is 2.08. The number of ether oxygens (including phenoxy) is 1. The van der Waals surface area contributed by atoms with E-state index >= 15 is 0 Å². The van der Waals surface area contributed by atoms with Crippen LogP contribution in [0.25, 0.3) is 0 Å². The van der Waals surface area contributed by atoms with E-state index in [1.165, 1.54) is 7.11 Å². The van der Waals surface area contributed by atoms with Crippen LogP contribution in [0, 0.1) is 0 Å². The molecule has 3 rings (SSSR count). The highest BCUT2D eigenvalue weighted by molar-refractivity contribution is 7.69. The number of hydrogen-bond acceptors (Lipinski definition) is 4. The third kappa shape index (κ3) is 3.20. The molecule has 0 aromatic heterocycles. The summed E-state index contributed by atoms with van der Waals surface area (Å²) in [5.41, 5.74) is 1.46. The number of fused-ring (bicyclic) bond motifs is 1. The van der Waals surface area contributed by atoms with E-state index < -0.39 is 13.6 Å². The van der Waals surface area contributed by atoms with E-state index in [2.05, 4.69) is 0 Å². The van der Waals surface area contributed by atoms with Gasteiger partial charge in [0.2, 0.25) is 0 Å². The van der Waals surface area contributed by atoms with Crippen LogP contribution >= 0.6 is 19.1 Å². The Kier molecular flexibility index (Phi) is 5.19. The van der Waals surface area contributed by atoms with Crippen molar-refractivity contribution in [2.75, 3.05) is 18.4 Å². The fraction of sp³-hybridized carbons (Fsp3) is 0.278. The standard InChI is InChI=1S/C18H19ClNO4P/c1-3-24-25(22)17-10-9-13(19)11-15(17)16(12-18(21)23-2)20(25)14-7-5-4-6-8-14/h4-11,16H,3,12H2,1-2H3. The summed E-state index contributed by atoms with van der Waals surface area (Å²) in [6, 6.07) is 14.0. The predicted octanol–water partition coefficient (Wildman–Crippen LogP) is 4.32. The smallest absolute Gasteiger partial charge is 0.327 e. The van der Waals surface area contributed by atoms with E-state index in [0.717, 1.165) is 11.3 Å². The highest BCUT2D eigenvalue weighted by atomic mass is 35.5. The molecule has 0 saturated heterocycles. The number of carbonyl (C=O) groups excluding carboxylic acids is 1. The monoisotopic (exact) mass is 379 g/mol. The fourth-order valence-corrected chi connectivity index (χ4v) is 5.98. The van der Waals surface area contributed by atoms with Crippen molar-refractivity contribution in [3.8, 4) is 0 Å². The summed E-state index contributed by atoms with van der Waals surface area (Å²) in [4.78, 5) is 12.0. The molecule has 1 aliphatic rings. The number of nitrogens with zero attached hydrogens (tertiary/aromatic N) is 1. The van der Waals surface area contributed by atoms with E-state index in [1.807, 2.05) is 30.3 Å².